The monoisotopic (exact) mass is 396 g/mol. The number of hydrogen-bond donors (Lipinski definition) is 2. The van der Waals surface area contributed by atoms with E-state index in [1.807, 2.05) is 60.7 Å². The Kier molecular flexibility index (Phi) is 4.94. The van der Waals surface area contributed by atoms with E-state index < -0.39 is 17.4 Å². The second-order valence-electron chi connectivity index (χ2n) is 8.44. The number of carboxylic acids is 1. The average Bonchev–Trinajstić information content (AvgIpc) is 3.35. The maximum atomic E-state index is 13.0. The van der Waals surface area contributed by atoms with Crippen molar-refractivity contribution in [2.75, 3.05) is 18.4 Å². The maximum absolute atomic E-state index is 13.0. The number of aliphatic carboxylic acids is 1. The van der Waals surface area contributed by atoms with E-state index in [9.17, 15) is 14.7 Å². The summed E-state index contributed by atoms with van der Waals surface area (Å²) in [6.45, 7) is 6.79. The predicted molar refractivity (Wildman–Crippen MR) is 110 cm³/mol. The quantitative estimate of drug-likeness (QED) is 0.811. The topological polar surface area (TPSA) is 87.5 Å². The van der Waals surface area contributed by atoms with Crippen LogP contribution in [-0.4, -0.2) is 50.8 Å². The van der Waals surface area contributed by atoms with E-state index in [-0.39, 0.29) is 11.8 Å². The Bertz CT molecular complexity index is 939. The summed E-state index contributed by atoms with van der Waals surface area (Å²) in [5, 5.41) is 17.4. The van der Waals surface area contributed by atoms with Crippen LogP contribution in [0.3, 0.4) is 0 Å². The fraction of sp³-hybridized carbons (Fsp3) is 0.500. The molecule has 0 bridgehead atoms. The summed E-state index contributed by atoms with van der Waals surface area (Å²) in [7, 11) is 0. The predicted octanol–water partition coefficient (Wildman–Crippen LogP) is 3.00. The van der Waals surface area contributed by atoms with E-state index in [1.54, 1.807) is 0 Å². The number of hydrogen-bond acceptors (Lipinski definition) is 4. The SMILES string of the molecule is Cc1nn(-c2ccccc2)c(C)c1NC(=O)C(C)N1C[C@@H]2CCC[C@@]2(C(=O)O)C1. The highest BCUT2D eigenvalue weighted by atomic mass is 16.4. The summed E-state index contributed by atoms with van der Waals surface area (Å²) in [5.41, 5.74) is 2.61. The van der Waals surface area contributed by atoms with E-state index >= 15 is 0 Å². The first-order chi connectivity index (χ1) is 13.8. The molecular weight excluding hydrogens is 368 g/mol. The number of para-hydroxylation sites is 1. The molecule has 0 radical (unpaired) electrons. The zero-order valence-electron chi connectivity index (χ0n) is 17.2. The lowest BCUT2D eigenvalue weighted by Gasteiger charge is -2.26. The van der Waals surface area contributed by atoms with Crippen LogP contribution in [-0.2, 0) is 9.59 Å². The van der Waals surface area contributed by atoms with E-state index in [0.29, 0.717) is 19.5 Å². The molecule has 2 N–H and O–H groups in total. The Morgan fingerprint density at radius 3 is 2.66 bits per heavy atom. The molecule has 7 nitrogen and oxygen atoms in total. The third-order valence-electron chi connectivity index (χ3n) is 6.79. The standard InChI is InChI=1S/C22H28N4O3/c1-14-19(15(2)26(24-14)18-9-5-4-6-10-18)23-20(27)16(3)25-12-17-8-7-11-22(17,13-25)21(28)29/h4-6,9-10,16-17H,7-8,11-13H2,1-3H3,(H,23,27)(H,28,29)/t16?,17-,22+/m0/s1. The second-order valence-corrected chi connectivity index (χ2v) is 8.44. The lowest BCUT2D eigenvalue weighted by Crippen LogP contribution is -2.43. The van der Waals surface area contributed by atoms with Gasteiger partial charge in [-0.05, 0) is 51.7 Å². The van der Waals surface area contributed by atoms with Crippen molar-refractivity contribution in [3.8, 4) is 5.69 Å². The molecule has 29 heavy (non-hydrogen) atoms. The van der Waals surface area contributed by atoms with Gasteiger partial charge < -0.3 is 10.4 Å². The third-order valence-corrected chi connectivity index (χ3v) is 6.79. The van der Waals surface area contributed by atoms with Gasteiger partial charge in [0.25, 0.3) is 0 Å². The van der Waals surface area contributed by atoms with Crippen LogP contribution in [0.2, 0.25) is 0 Å². The minimum absolute atomic E-state index is 0.121. The van der Waals surface area contributed by atoms with Crippen molar-refractivity contribution < 1.29 is 14.7 Å². The Morgan fingerprint density at radius 1 is 1.28 bits per heavy atom. The van der Waals surface area contributed by atoms with E-state index in [2.05, 4.69) is 10.4 Å². The van der Waals surface area contributed by atoms with Gasteiger partial charge in [0, 0.05) is 13.1 Å². The van der Waals surface area contributed by atoms with Crippen molar-refractivity contribution in [1.82, 2.24) is 14.7 Å². The Labute approximate surface area is 170 Å². The number of carbonyl (C=O) groups is 2. The average molecular weight is 396 g/mol. The molecular formula is C22H28N4O3. The number of nitrogens with one attached hydrogen (secondary N) is 1. The molecule has 1 saturated carbocycles. The third kappa shape index (κ3) is 3.23. The van der Waals surface area contributed by atoms with Crippen molar-refractivity contribution in [1.29, 1.82) is 0 Å². The lowest BCUT2D eigenvalue weighted by molar-refractivity contribution is -0.149. The fourth-order valence-corrected chi connectivity index (χ4v) is 5.01. The number of rotatable bonds is 5. The normalized spacial score (nSPS) is 25.0. The zero-order chi connectivity index (χ0) is 20.8. The molecule has 7 heteroatoms. The van der Waals surface area contributed by atoms with Crippen LogP contribution in [0.4, 0.5) is 5.69 Å². The van der Waals surface area contributed by atoms with Crippen LogP contribution in [0.5, 0.6) is 0 Å². The number of carboxylic acid groups (broad SMARTS) is 1. The van der Waals surface area contributed by atoms with Crippen molar-refractivity contribution in [2.45, 2.75) is 46.1 Å². The molecule has 0 spiro atoms. The molecule has 1 unspecified atom stereocenters. The number of amides is 1. The molecule has 1 saturated heterocycles. The second kappa shape index (κ2) is 7.30. The number of fused-ring (bicyclic) bond motifs is 1. The van der Waals surface area contributed by atoms with Gasteiger partial charge in [-0.2, -0.15) is 5.10 Å². The van der Waals surface area contributed by atoms with Gasteiger partial charge in [0.05, 0.1) is 34.2 Å². The number of aryl methyl sites for hydroxylation is 1. The molecule has 2 heterocycles. The van der Waals surface area contributed by atoms with Crippen molar-refractivity contribution in [3.63, 3.8) is 0 Å². The van der Waals surface area contributed by atoms with Crippen LogP contribution < -0.4 is 5.32 Å². The molecule has 4 rings (SSSR count). The summed E-state index contributed by atoms with van der Waals surface area (Å²) in [4.78, 5) is 27.0. The Balaban J connectivity index is 1.50. The first-order valence-corrected chi connectivity index (χ1v) is 10.2. The minimum atomic E-state index is -0.717. The summed E-state index contributed by atoms with van der Waals surface area (Å²) in [5.74, 6) is -0.699. The minimum Gasteiger partial charge on any atom is -0.481 e. The molecule has 2 fully saturated rings. The highest BCUT2D eigenvalue weighted by molar-refractivity contribution is 5.95. The van der Waals surface area contributed by atoms with Crippen molar-refractivity contribution in [2.24, 2.45) is 11.3 Å². The van der Waals surface area contributed by atoms with Crippen LogP contribution in [0.1, 0.15) is 37.6 Å². The molecule has 1 amide bonds. The largest absolute Gasteiger partial charge is 0.481 e. The first-order valence-electron chi connectivity index (χ1n) is 10.2. The Morgan fingerprint density at radius 2 is 2.00 bits per heavy atom. The number of likely N-dealkylation sites (tertiary alicyclic amines) is 1. The van der Waals surface area contributed by atoms with E-state index in [0.717, 1.165) is 35.6 Å². The highest BCUT2D eigenvalue weighted by Gasteiger charge is 2.55. The number of nitrogens with zero attached hydrogens (tertiary/aromatic N) is 3. The molecule has 1 aromatic carbocycles. The molecule has 2 aliphatic rings. The van der Waals surface area contributed by atoms with Gasteiger partial charge in [-0.25, -0.2) is 4.68 Å². The van der Waals surface area contributed by atoms with E-state index in [4.69, 9.17) is 0 Å². The van der Waals surface area contributed by atoms with Gasteiger partial charge in [-0.3, -0.25) is 14.5 Å². The van der Waals surface area contributed by atoms with Crippen LogP contribution >= 0.6 is 0 Å². The molecule has 2 aromatic rings. The smallest absolute Gasteiger partial charge is 0.311 e. The summed E-state index contributed by atoms with van der Waals surface area (Å²) >= 11 is 0. The number of benzene rings is 1. The van der Waals surface area contributed by atoms with Gasteiger partial charge in [0.15, 0.2) is 0 Å². The fourth-order valence-electron chi connectivity index (χ4n) is 5.01. The Hall–Kier alpha value is -2.67. The van der Waals surface area contributed by atoms with Crippen LogP contribution in [0, 0.1) is 25.2 Å². The molecule has 1 aromatic heterocycles. The van der Waals surface area contributed by atoms with Gasteiger partial charge in [-0.15, -0.1) is 0 Å². The van der Waals surface area contributed by atoms with Gasteiger partial charge >= 0.3 is 5.97 Å². The number of aromatic nitrogens is 2. The molecule has 3 atom stereocenters. The highest BCUT2D eigenvalue weighted by Crippen LogP contribution is 2.49. The zero-order valence-corrected chi connectivity index (χ0v) is 17.2. The number of carbonyl (C=O) groups excluding carboxylic acids is 1. The summed E-state index contributed by atoms with van der Waals surface area (Å²) in [6.07, 6.45) is 2.60. The molecule has 1 aliphatic heterocycles. The van der Waals surface area contributed by atoms with Gasteiger partial charge in [0.2, 0.25) is 5.91 Å². The van der Waals surface area contributed by atoms with Crippen LogP contribution in [0.15, 0.2) is 30.3 Å². The maximum Gasteiger partial charge on any atom is 0.311 e. The summed E-state index contributed by atoms with van der Waals surface area (Å²) in [6, 6.07) is 9.41. The summed E-state index contributed by atoms with van der Waals surface area (Å²) < 4.78 is 1.83. The van der Waals surface area contributed by atoms with Crippen molar-refractivity contribution >= 4 is 17.6 Å². The lowest BCUT2D eigenvalue weighted by atomic mass is 9.81. The van der Waals surface area contributed by atoms with Crippen LogP contribution in [0.25, 0.3) is 5.69 Å². The number of anilines is 1. The van der Waals surface area contributed by atoms with E-state index in [1.165, 1.54) is 0 Å². The molecule has 154 valence electrons. The van der Waals surface area contributed by atoms with Gasteiger partial charge in [-0.1, -0.05) is 24.6 Å². The van der Waals surface area contributed by atoms with Crippen molar-refractivity contribution in [3.05, 3.63) is 41.7 Å². The van der Waals surface area contributed by atoms with Gasteiger partial charge in [0.1, 0.15) is 0 Å². The molecule has 1 aliphatic carbocycles. The first kappa shape index (κ1) is 19.6.